The second-order valence-electron chi connectivity index (χ2n) is 6.90. The highest BCUT2D eigenvalue weighted by molar-refractivity contribution is 7.92. The van der Waals surface area contributed by atoms with Crippen molar-refractivity contribution in [2.75, 3.05) is 16.7 Å². The smallest absolute Gasteiger partial charge is 0.307 e. The molecule has 1 amide bonds. The molecule has 1 heterocycles. The summed E-state index contributed by atoms with van der Waals surface area (Å²) in [6, 6.07) is 19.8. The number of aromatic nitrogens is 1. The SMILES string of the molecule is CN(c1cccc(C(=O)Nc2ccc3c(c2)sc(=O)n3C)c1)S(=O)(=O)c1ccccc1. The number of amides is 1. The Hall–Kier alpha value is -3.43. The van der Waals surface area contributed by atoms with E-state index >= 15 is 0 Å². The van der Waals surface area contributed by atoms with Crippen molar-refractivity contribution in [3.8, 4) is 0 Å². The number of hydrogen-bond donors (Lipinski definition) is 1. The Morgan fingerprint density at radius 2 is 1.74 bits per heavy atom. The molecule has 0 aliphatic heterocycles. The van der Waals surface area contributed by atoms with Crippen molar-refractivity contribution in [2.24, 2.45) is 7.05 Å². The van der Waals surface area contributed by atoms with Crippen LogP contribution in [0.2, 0.25) is 0 Å². The lowest BCUT2D eigenvalue weighted by molar-refractivity contribution is 0.102. The van der Waals surface area contributed by atoms with Crippen LogP contribution in [0.3, 0.4) is 0 Å². The van der Waals surface area contributed by atoms with Crippen LogP contribution < -0.4 is 14.5 Å². The first kappa shape index (κ1) is 20.8. The fraction of sp³-hybridized carbons (Fsp3) is 0.0909. The summed E-state index contributed by atoms with van der Waals surface area (Å²) in [4.78, 5) is 24.7. The fourth-order valence-electron chi connectivity index (χ4n) is 3.15. The zero-order chi connectivity index (χ0) is 22.2. The Morgan fingerprint density at radius 1 is 1.00 bits per heavy atom. The van der Waals surface area contributed by atoms with Gasteiger partial charge in [-0.05, 0) is 48.5 Å². The topological polar surface area (TPSA) is 88.5 Å². The largest absolute Gasteiger partial charge is 0.322 e. The molecule has 7 nitrogen and oxygen atoms in total. The van der Waals surface area contributed by atoms with Gasteiger partial charge in [0, 0.05) is 25.3 Å². The van der Waals surface area contributed by atoms with Crippen LogP contribution in [0.5, 0.6) is 0 Å². The van der Waals surface area contributed by atoms with Crippen molar-refractivity contribution in [1.82, 2.24) is 4.57 Å². The summed E-state index contributed by atoms with van der Waals surface area (Å²) in [6.07, 6.45) is 0. The number of benzene rings is 3. The number of sulfonamides is 1. The van der Waals surface area contributed by atoms with Gasteiger partial charge >= 0.3 is 4.87 Å². The van der Waals surface area contributed by atoms with Crippen LogP contribution in [0, 0.1) is 0 Å². The molecule has 0 spiro atoms. The van der Waals surface area contributed by atoms with Gasteiger partial charge in [-0.25, -0.2) is 8.42 Å². The van der Waals surface area contributed by atoms with Gasteiger partial charge in [-0.2, -0.15) is 0 Å². The molecular weight excluding hydrogens is 434 g/mol. The Bertz CT molecular complexity index is 1440. The van der Waals surface area contributed by atoms with Gasteiger partial charge in [0.1, 0.15) is 0 Å². The number of aryl methyl sites for hydroxylation is 1. The summed E-state index contributed by atoms with van der Waals surface area (Å²) in [5.74, 6) is -0.380. The first-order valence-electron chi connectivity index (χ1n) is 9.32. The minimum atomic E-state index is -3.75. The summed E-state index contributed by atoms with van der Waals surface area (Å²) < 4.78 is 29.2. The maximum absolute atomic E-state index is 12.9. The molecule has 0 aliphatic rings. The quantitative estimate of drug-likeness (QED) is 0.499. The van der Waals surface area contributed by atoms with Crippen molar-refractivity contribution >= 4 is 48.9 Å². The molecule has 0 saturated heterocycles. The molecule has 158 valence electrons. The summed E-state index contributed by atoms with van der Waals surface area (Å²) in [5, 5.41) is 2.80. The second kappa shape index (κ2) is 8.01. The first-order chi connectivity index (χ1) is 14.8. The predicted molar refractivity (Wildman–Crippen MR) is 123 cm³/mol. The average Bonchev–Trinajstić information content (AvgIpc) is 3.06. The van der Waals surface area contributed by atoms with Gasteiger partial charge in [-0.1, -0.05) is 35.6 Å². The van der Waals surface area contributed by atoms with Crippen LogP contribution in [0.4, 0.5) is 11.4 Å². The standard InChI is InChI=1S/C22H19N3O4S2/c1-24-19-12-11-16(14-20(19)30-22(24)27)23-21(26)15-7-6-8-17(13-15)25(2)31(28,29)18-9-4-3-5-10-18/h3-14H,1-2H3,(H,23,26). The van der Waals surface area contributed by atoms with E-state index in [0.717, 1.165) is 25.9 Å². The molecule has 4 rings (SSSR count). The van der Waals surface area contributed by atoms with Crippen molar-refractivity contribution in [3.63, 3.8) is 0 Å². The fourth-order valence-corrected chi connectivity index (χ4v) is 5.27. The number of carbonyl (C=O) groups excluding carboxylic acids is 1. The molecule has 0 fully saturated rings. The lowest BCUT2D eigenvalue weighted by atomic mass is 10.2. The van der Waals surface area contributed by atoms with Crippen LogP contribution in [-0.4, -0.2) is 25.9 Å². The minimum Gasteiger partial charge on any atom is -0.322 e. The molecule has 0 saturated carbocycles. The molecule has 0 radical (unpaired) electrons. The van der Waals surface area contributed by atoms with E-state index in [1.54, 1.807) is 66.2 Å². The molecule has 0 unspecified atom stereocenters. The zero-order valence-electron chi connectivity index (χ0n) is 16.8. The number of nitrogens with zero attached hydrogens (tertiary/aromatic N) is 2. The predicted octanol–water partition coefficient (Wildman–Crippen LogP) is 3.68. The minimum absolute atomic E-state index is 0.0751. The molecule has 3 aromatic carbocycles. The normalized spacial score (nSPS) is 11.4. The van der Waals surface area contributed by atoms with Gasteiger partial charge in [0.15, 0.2) is 0 Å². The summed E-state index contributed by atoms with van der Waals surface area (Å²) >= 11 is 1.11. The van der Waals surface area contributed by atoms with Crippen molar-refractivity contribution in [3.05, 3.63) is 88.0 Å². The third-order valence-corrected chi connectivity index (χ3v) is 7.72. The third kappa shape index (κ3) is 3.97. The lowest BCUT2D eigenvalue weighted by Gasteiger charge is -2.20. The van der Waals surface area contributed by atoms with Crippen LogP contribution in [0.15, 0.2) is 82.5 Å². The Balaban J connectivity index is 1.59. The average molecular weight is 454 g/mol. The third-order valence-electron chi connectivity index (χ3n) is 4.92. The summed E-state index contributed by atoms with van der Waals surface area (Å²) in [7, 11) is -0.600. The number of rotatable bonds is 5. The van der Waals surface area contributed by atoms with E-state index < -0.39 is 10.0 Å². The Labute approximate surface area is 183 Å². The number of nitrogens with one attached hydrogen (secondary N) is 1. The molecule has 9 heteroatoms. The Kier molecular flexibility index (Phi) is 5.38. The number of fused-ring (bicyclic) bond motifs is 1. The number of hydrogen-bond acceptors (Lipinski definition) is 5. The molecule has 4 aromatic rings. The van der Waals surface area contributed by atoms with Crippen molar-refractivity contribution < 1.29 is 13.2 Å². The molecule has 31 heavy (non-hydrogen) atoms. The monoisotopic (exact) mass is 453 g/mol. The zero-order valence-corrected chi connectivity index (χ0v) is 18.4. The molecule has 0 aliphatic carbocycles. The van der Waals surface area contributed by atoms with Crippen LogP contribution in [-0.2, 0) is 17.1 Å². The molecule has 0 bridgehead atoms. The van der Waals surface area contributed by atoms with Gasteiger partial charge in [-0.3, -0.25) is 13.9 Å². The maximum Gasteiger partial charge on any atom is 0.307 e. The number of anilines is 2. The van der Waals surface area contributed by atoms with Crippen LogP contribution in [0.1, 0.15) is 10.4 Å². The van der Waals surface area contributed by atoms with Gasteiger partial charge in [0.05, 0.1) is 20.8 Å². The number of thiazole rings is 1. The van der Waals surface area contributed by atoms with E-state index in [1.165, 1.54) is 25.2 Å². The van der Waals surface area contributed by atoms with E-state index in [9.17, 15) is 18.0 Å². The van der Waals surface area contributed by atoms with Crippen molar-refractivity contribution in [1.29, 1.82) is 0 Å². The Morgan fingerprint density at radius 3 is 2.48 bits per heavy atom. The van der Waals surface area contributed by atoms with E-state index in [0.29, 0.717) is 16.9 Å². The van der Waals surface area contributed by atoms with Gasteiger partial charge in [0.25, 0.3) is 15.9 Å². The van der Waals surface area contributed by atoms with Gasteiger partial charge in [-0.15, -0.1) is 0 Å². The molecule has 0 atom stereocenters. The van der Waals surface area contributed by atoms with Crippen LogP contribution >= 0.6 is 11.3 Å². The van der Waals surface area contributed by atoms with Crippen molar-refractivity contribution in [2.45, 2.75) is 4.90 Å². The highest BCUT2D eigenvalue weighted by Gasteiger charge is 2.21. The molecular formula is C22H19N3O4S2. The molecule has 1 N–H and O–H groups in total. The highest BCUT2D eigenvalue weighted by atomic mass is 32.2. The first-order valence-corrected chi connectivity index (χ1v) is 11.6. The summed E-state index contributed by atoms with van der Waals surface area (Å²) in [6.45, 7) is 0. The van der Waals surface area contributed by atoms with E-state index in [2.05, 4.69) is 5.32 Å². The maximum atomic E-state index is 12.9. The van der Waals surface area contributed by atoms with E-state index in [4.69, 9.17) is 0 Å². The van der Waals surface area contributed by atoms with Crippen LogP contribution in [0.25, 0.3) is 10.2 Å². The van der Waals surface area contributed by atoms with Gasteiger partial charge < -0.3 is 9.88 Å². The number of carbonyl (C=O) groups is 1. The van der Waals surface area contributed by atoms with Gasteiger partial charge in [0.2, 0.25) is 0 Å². The van der Waals surface area contributed by atoms with E-state index in [-0.39, 0.29) is 15.7 Å². The molecule has 1 aromatic heterocycles. The lowest BCUT2D eigenvalue weighted by Crippen LogP contribution is -2.26. The highest BCUT2D eigenvalue weighted by Crippen LogP contribution is 2.24. The summed E-state index contributed by atoms with van der Waals surface area (Å²) in [5.41, 5.74) is 2.03. The second-order valence-corrected chi connectivity index (χ2v) is 9.86. The van der Waals surface area contributed by atoms with E-state index in [1.807, 2.05) is 0 Å².